The molecule has 6 nitrogen and oxygen atoms in total. The van der Waals surface area contributed by atoms with Crippen LogP contribution >= 0.6 is 11.3 Å². The number of phenols is 1. The molecule has 5 rings (SSSR count). The van der Waals surface area contributed by atoms with E-state index in [1.165, 1.54) is 11.3 Å². The van der Waals surface area contributed by atoms with Crippen LogP contribution in [0, 0.1) is 6.92 Å². The zero-order chi connectivity index (χ0) is 18.5. The number of hydrogen-bond acceptors (Lipinski definition) is 5. The fraction of sp³-hybridized carbons (Fsp3) is 0.150. The zero-order valence-electron chi connectivity index (χ0n) is 14.5. The summed E-state index contributed by atoms with van der Waals surface area (Å²) in [6, 6.07) is 15.0. The summed E-state index contributed by atoms with van der Waals surface area (Å²) in [5, 5.41) is 18.2. The molecule has 0 fully saturated rings. The van der Waals surface area contributed by atoms with Gasteiger partial charge in [0.15, 0.2) is 0 Å². The summed E-state index contributed by atoms with van der Waals surface area (Å²) < 4.78 is 2.79. The van der Waals surface area contributed by atoms with Crippen LogP contribution in [0.2, 0.25) is 0 Å². The molecule has 1 unspecified atom stereocenters. The Kier molecular flexibility index (Phi) is 3.51. The van der Waals surface area contributed by atoms with Crippen molar-refractivity contribution in [3.63, 3.8) is 0 Å². The smallest absolute Gasteiger partial charge is 0.226 e. The molecule has 1 amide bonds. The third-order valence-electron chi connectivity index (χ3n) is 4.84. The number of anilines is 1. The molecule has 134 valence electrons. The number of aromatic hydroxyl groups is 1. The van der Waals surface area contributed by atoms with Crippen molar-refractivity contribution in [2.24, 2.45) is 0 Å². The number of thiazole rings is 1. The van der Waals surface area contributed by atoms with Gasteiger partial charge in [-0.1, -0.05) is 35.6 Å². The minimum Gasteiger partial charge on any atom is -0.508 e. The fourth-order valence-electron chi connectivity index (χ4n) is 3.66. The van der Waals surface area contributed by atoms with Gasteiger partial charge in [0.25, 0.3) is 0 Å². The van der Waals surface area contributed by atoms with Gasteiger partial charge >= 0.3 is 0 Å². The lowest BCUT2D eigenvalue weighted by Gasteiger charge is -2.24. The predicted molar refractivity (Wildman–Crippen MR) is 105 cm³/mol. The van der Waals surface area contributed by atoms with E-state index in [9.17, 15) is 9.90 Å². The molecule has 7 heteroatoms. The van der Waals surface area contributed by atoms with Crippen LogP contribution in [0.25, 0.3) is 15.3 Å². The Labute approximate surface area is 159 Å². The van der Waals surface area contributed by atoms with Gasteiger partial charge in [0, 0.05) is 17.9 Å². The van der Waals surface area contributed by atoms with E-state index in [-0.39, 0.29) is 17.6 Å². The molecule has 2 N–H and O–H groups in total. The number of aryl methyl sites for hydroxylation is 1. The molecule has 2 aromatic carbocycles. The first-order valence-corrected chi connectivity index (χ1v) is 9.46. The van der Waals surface area contributed by atoms with Gasteiger partial charge in [0.1, 0.15) is 11.6 Å². The van der Waals surface area contributed by atoms with Crippen molar-refractivity contribution in [2.45, 2.75) is 19.3 Å². The second-order valence-electron chi connectivity index (χ2n) is 6.62. The average Bonchev–Trinajstić information content (AvgIpc) is 3.22. The number of amides is 1. The molecular weight excluding hydrogens is 360 g/mol. The van der Waals surface area contributed by atoms with Crippen LogP contribution in [0.1, 0.15) is 29.2 Å². The zero-order valence-corrected chi connectivity index (χ0v) is 15.3. The Morgan fingerprint density at radius 3 is 2.89 bits per heavy atom. The normalized spacial score (nSPS) is 16.3. The second kappa shape index (κ2) is 5.92. The minimum absolute atomic E-state index is 0.0712. The number of carbonyl (C=O) groups is 1. The van der Waals surface area contributed by atoms with Gasteiger partial charge in [-0.25, -0.2) is 4.98 Å². The van der Waals surface area contributed by atoms with E-state index in [0.29, 0.717) is 12.2 Å². The molecule has 0 radical (unpaired) electrons. The van der Waals surface area contributed by atoms with Crippen molar-refractivity contribution in [1.29, 1.82) is 0 Å². The van der Waals surface area contributed by atoms with Gasteiger partial charge in [0.05, 0.1) is 15.9 Å². The molecule has 0 spiro atoms. The van der Waals surface area contributed by atoms with E-state index in [0.717, 1.165) is 32.2 Å². The highest BCUT2D eigenvalue weighted by Gasteiger charge is 2.33. The molecule has 1 aliphatic rings. The molecule has 0 saturated heterocycles. The Hall–Kier alpha value is -3.19. The molecule has 3 heterocycles. The van der Waals surface area contributed by atoms with Crippen LogP contribution < -0.4 is 5.32 Å². The molecule has 0 aliphatic carbocycles. The van der Waals surface area contributed by atoms with E-state index in [4.69, 9.17) is 0 Å². The highest BCUT2D eigenvalue weighted by atomic mass is 32.1. The molecule has 1 atom stereocenters. The molecule has 27 heavy (non-hydrogen) atoms. The largest absolute Gasteiger partial charge is 0.508 e. The number of nitrogens with one attached hydrogen (secondary N) is 1. The van der Waals surface area contributed by atoms with Crippen molar-refractivity contribution in [2.75, 3.05) is 5.32 Å². The standard InChI is InChI=1S/C20H16N4O2S/c1-11-18-14(12-5-4-6-13(25)9-12)10-17(26)22-19(18)24(23-11)20-21-15-7-2-3-8-16(15)27-20/h2-9,14,25H,10H2,1H3,(H,22,26). The van der Waals surface area contributed by atoms with Crippen LogP contribution in [-0.4, -0.2) is 25.8 Å². The lowest BCUT2D eigenvalue weighted by Crippen LogP contribution is -2.24. The summed E-state index contributed by atoms with van der Waals surface area (Å²) in [7, 11) is 0. The Morgan fingerprint density at radius 1 is 1.22 bits per heavy atom. The number of rotatable bonds is 2. The van der Waals surface area contributed by atoms with Crippen molar-refractivity contribution in [1.82, 2.24) is 14.8 Å². The maximum Gasteiger partial charge on any atom is 0.226 e. The van der Waals surface area contributed by atoms with E-state index < -0.39 is 0 Å². The summed E-state index contributed by atoms with van der Waals surface area (Å²) in [6.45, 7) is 1.94. The number of para-hydroxylation sites is 1. The Bertz CT molecular complexity index is 1160. The minimum atomic E-state index is -0.149. The third-order valence-corrected chi connectivity index (χ3v) is 5.85. The van der Waals surface area contributed by atoms with Crippen molar-refractivity contribution < 1.29 is 9.90 Å². The Morgan fingerprint density at radius 2 is 2.07 bits per heavy atom. The van der Waals surface area contributed by atoms with Gasteiger partial charge in [-0.15, -0.1) is 0 Å². The number of hydrogen-bond donors (Lipinski definition) is 2. The van der Waals surface area contributed by atoms with Gasteiger partial charge in [0.2, 0.25) is 11.0 Å². The second-order valence-corrected chi connectivity index (χ2v) is 7.63. The lowest BCUT2D eigenvalue weighted by molar-refractivity contribution is -0.116. The van der Waals surface area contributed by atoms with Gasteiger partial charge in [-0.2, -0.15) is 9.78 Å². The van der Waals surface area contributed by atoms with E-state index >= 15 is 0 Å². The monoisotopic (exact) mass is 376 g/mol. The van der Waals surface area contributed by atoms with Crippen LogP contribution in [0.4, 0.5) is 5.82 Å². The molecule has 0 bridgehead atoms. The molecule has 1 aliphatic heterocycles. The van der Waals surface area contributed by atoms with Crippen LogP contribution in [0.15, 0.2) is 48.5 Å². The number of carbonyl (C=O) groups excluding carboxylic acids is 1. The molecular formula is C20H16N4O2S. The third kappa shape index (κ3) is 2.59. The maximum atomic E-state index is 12.4. The number of fused-ring (bicyclic) bond motifs is 2. The van der Waals surface area contributed by atoms with Crippen molar-refractivity contribution >= 4 is 33.3 Å². The summed E-state index contributed by atoms with van der Waals surface area (Å²) in [5.74, 6) is 0.634. The van der Waals surface area contributed by atoms with Crippen LogP contribution in [0.5, 0.6) is 5.75 Å². The SMILES string of the molecule is Cc1nn(-c2nc3ccccc3s2)c2c1C(c1cccc(O)c1)CC(=O)N2. The number of nitrogens with zero attached hydrogens (tertiary/aromatic N) is 3. The first kappa shape index (κ1) is 16.0. The van der Waals surface area contributed by atoms with Gasteiger partial charge in [-0.3, -0.25) is 4.79 Å². The Balaban J connectivity index is 1.69. The van der Waals surface area contributed by atoms with Crippen LogP contribution in [-0.2, 0) is 4.79 Å². The summed E-state index contributed by atoms with van der Waals surface area (Å²) in [6.07, 6.45) is 0.322. The van der Waals surface area contributed by atoms with E-state index in [1.807, 2.05) is 37.3 Å². The first-order chi connectivity index (χ1) is 13.1. The molecule has 4 aromatic rings. The summed E-state index contributed by atoms with van der Waals surface area (Å²) in [5.41, 5.74) is 3.63. The van der Waals surface area contributed by atoms with Crippen LogP contribution in [0.3, 0.4) is 0 Å². The van der Waals surface area contributed by atoms with Crippen molar-refractivity contribution in [3.05, 3.63) is 65.4 Å². The molecule has 0 saturated carbocycles. The maximum absolute atomic E-state index is 12.4. The fourth-order valence-corrected chi connectivity index (χ4v) is 4.59. The van der Waals surface area contributed by atoms with E-state index in [1.54, 1.807) is 22.9 Å². The quantitative estimate of drug-likeness (QED) is 0.555. The number of phenolic OH excluding ortho intramolecular Hbond substituents is 1. The average molecular weight is 376 g/mol. The van der Waals surface area contributed by atoms with Gasteiger partial charge < -0.3 is 10.4 Å². The summed E-state index contributed by atoms with van der Waals surface area (Å²) >= 11 is 1.54. The predicted octanol–water partition coefficient (Wildman–Crippen LogP) is 3.97. The first-order valence-electron chi connectivity index (χ1n) is 8.64. The molecule has 2 aromatic heterocycles. The highest BCUT2D eigenvalue weighted by molar-refractivity contribution is 7.20. The highest BCUT2D eigenvalue weighted by Crippen LogP contribution is 2.41. The number of aromatic nitrogens is 3. The van der Waals surface area contributed by atoms with Crippen molar-refractivity contribution in [3.8, 4) is 10.9 Å². The summed E-state index contributed by atoms with van der Waals surface area (Å²) in [4.78, 5) is 17.1. The number of benzene rings is 2. The lowest BCUT2D eigenvalue weighted by atomic mass is 9.86. The topological polar surface area (TPSA) is 80.0 Å². The van der Waals surface area contributed by atoms with E-state index in [2.05, 4.69) is 15.4 Å². The van der Waals surface area contributed by atoms with Gasteiger partial charge in [-0.05, 0) is 36.8 Å².